The Morgan fingerprint density at radius 2 is 2.04 bits per heavy atom. The van der Waals surface area contributed by atoms with Crippen molar-refractivity contribution in [2.24, 2.45) is 11.5 Å². The Balaban J connectivity index is 2.17. The van der Waals surface area contributed by atoms with Gasteiger partial charge in [-0.15, -0.1) is 0 Å². The molecule has 25 heavy (non-hydrogen) atoms. The van der Waals surface area contributed by atoms with Gasteiger partial charge in [-0.3, -0.25) is 4.79 Å². The maximum atomic E-state index is 11.6. The summed E-state index contributed by atoms with van der Waals surface area (Å²) in [5.74, 6) is -0.0436. The van der Waals surface area contributed by atoms with Gasteiger partial charge in [-0.1, -0.05) is 18.2 Å². The predicted octanol–water partition coefficient (Wildman–Crippen LogP) is 2.01. The molecular formula is C17H17N5O3. The van der Waals surface area contributed by atoms with Crippen molar-refractivity contribution in [1.82, 2.24) is 9.78 Å². The van der Waals surface area contributed by atoms with Crippen LogP contribution in [0.2, 0.25) is 0 Å². The van der Waals surface area contributed by atoms with Gasteiger partial charge in [0.05, 0.1) is 24.2 Å². The molecule has 0 aliphatic heterocycles. The lowest BCUT2D eigenvalue weighted by Crippen LogP contribution is -2.22. The number of nitrogens with zero attached hydrogens (tertiary/aromatic N) is 2. The molecule has 0 saturated heterocycles. The lowest BCUT2D eigenvalue weighted by Gasteiger charge is -2.09. The number of anilines is 1. The quantitative estimate of drug-likeness (QED) is 0.657. The van der Waals surface area contributed by atoms with Crippen LogP contribution in [0.4, 0.5) is 10.5 Å². The summed E-state index contributed by atoms with van der Waals surface area (Å²) in [4.78, 5) is 22.7. The Hall–Kier alpha value is -3.55. The summed E-state index contributed by atoms with van der Waals surface area (Å²) < 4.78 is 7.02. The number of primary amides is 2. The second-order valence-electron chi connectivity index (χ2n) is 5.28. The minimum Gasteiger partial charge on any atom is -0.494 e. The van der Waals surface area contributed by atoms with Crippen LogP contribution in [-0.4, -0.2) is 28.3 Å². The molecule has 0 radical (unpaired) electrons. The van der Waals surface area contributed by atoms with E-state index in [9.17, 15) is 9.59 Å². The highest BCUT2D eigenvalue weighted by Gasteiger charge is 2.17. The van der Waals surface area contributed by atoms with Crippen molar-refractivity contribution < 1.29 is 14.3 Å². The molecule has 3 aromatic rings. The lowest BCUT2D eigenvalue weighted by molar-refractivity contribution is 0.0996. The number of rotatable bonds is 5. The largest absolute Gasteiger partial charge is 0.494 e. The molecule has 8 heteroatoms. The van der Waals surface area contributed by atoms with Gasteiger partial charge in [-0.2, -0.15) is 5.10 Å². The van der Waals surface area contributed by atoms with Gasteiger partial charge < -0.3 is 21.5 Å². The van der Waals surface area contributed by atoms with Crippen LogP contribution in [0, 0.1) is 0 Å². The Labute approximate surface area is 143 Å². The van der Waals surface area contributed by atoms with Gasteiger partial charge >= 0.3 is 6.03 Å². The molecule has 3 rings (SSSR count). The number of nitrogens with two attached hydrogens (primary N) is 2. The van der Waals surface area contributed by atoms with E-state index in [4.69, 9.17) is 16.2 Å². The molecule has 5 N–H and O–H groups in total. The number of hydrogen-bond donors (Lipinski definition) is 3. The summed E-state index contributed by atoms with van der Waals surface area (Å²) in [5.41, 5.74) is 11.2. The van der Waals surface area contributed by atoms with E-state index >= 15 is 0 Å². The van der Waals surface area contributed by atoms with Crippen molar-refractivity contribution >= 4 is 28.4 Å². The number of benzene rings is 2. The predicted molar refractivity (Wildman–Crippen MR) is 94.0 cm³/mol. The molecule has 1 aromatic heterocycles. The highest BCUT2D eigenvalue weighted by molar-refractivity contribution is 6.01. The fourth-order valence-corrected chi connectivity index (χ4v) is 2.60. The Kier molecular flexibility index (Phi) is 4.25. The van der Waals surface area contributed by atoms with E-state index in [0.717, 1.165) is 16.5 Å². The molecule has 0 unspecified atom stereocenters. The first-order valence-electron chi connectivity index (χ1n) is 7.61. The maximum absolute atomic E-state index is 11.6. The zero-order valence-electron chi connectivity index (χ0n) is 13.5. The monoisotopic (exact) mass is 339 g/mol. The molecule has 0 spiro atoms. The molecule has 128 valence electrons. The number of carbonyl (C=O) groups is 2. The smallest absolute Gasteiger partial charge is 0.316 e. The van der Waals surface area contributed by atoms with Crippen LogP contribution in [-0.2, 0) is 0 Å². The Morgan fingerprint density at radius 1 is 1.24 bits per heavy atom. The molecule has 2 aromatic carbocycles. The molecule has 1 heterocycles. The van der Waals surface area contributed by atoms with E-state index < -0.39 is 11.9 Å². The average Bonchev–Trinajstić information content (AvgIpc) is 2.97. The summed E-state index contributed by atoms with van der Waals surface area (Å²) in [6.07, 6.45) is 1.49. The number of ether oxygens (including phenoxy) is 1. The first kappa shape index (κ1) is 16.3. The first-order chi connectivity index (χ1) is 12.0. The van der Waals surface area contributed by atoms with Gasteiger partial charge in [0.1, 0.15) is 5.75 Å². The molecule has 0 atom stereocenters. The standard InChI is InChI=1S/C17H17N5O3/c1-2-25-11-7-6-10-4-3-5-14(12(10)8-11)22-9-13(20-17(19)24)15(21-22)16(18)23/h3-9H,2H2,1H3,(H2,18,23)(H3,19,20,24). The molecule has 0 fully saturated rings. The minimum absolute atomic E-state index is 0.0724. The zero-order chi connectivity index (χ0) is 18.0. The second-order valence-corrected chi connectivity index (χ2v) is 5.28. The number of aromatic nitrogens is 2. The molecular weight excluding hydrogens is 322 g/mol. The van der Waals surface area contributed by atoms with Crippen LogP contribution in [0.1, 0.15) is 17.4 Å². The highest BCUT2D eigenvalue weighted by atomic mass is 16.5. The van der Waals surface area contributed by atoms with Crippen LogP contribution in [0.25, 0.3) is 16.5 Å². The van der Waals surface area contributed by atoms with Gasteiger partial charge in [0.2, 0.25) is 0 Å². The zero-order valence-corrected chi connectivity index (χ0v) is 13.5. The number of amides is 3. The number of fused-ring (bicyclic) bond motifs is 1. The third-order valence-electron chi connectivity index (χ3n) is 3.59. The molecule has 0 saturated carbocycles. The van der Waals surface area contributed by atoms with E-state index in [-0.39, 0.29) is 11.4 Å². The van der Waals surface area contributed by atoms with Crippen molar-refractivity contribution in [1.29, 1.82) is 0 Å². The summed E-state index contributed by atoms with van der Waals surface area (Å²) in [6, 6.07) is 10.6. The van der Waals surface area contributed by atoms with E-state index in [1.165, 1.54) is 10.9 Å². The van der Waals surface area contributed by atoms with Gasteiger partial charge in [0, 0.05) is 5.39 Å². The molecule has 8 nitrogen and oxygen atoms in total. The van der Waals surface area contributed by atoms with Crippen molar-refractivity contribution in [3.8, 4) is 11.4 Å². The first-order valence-corrected chi connectivity index (χ1v) is 7.61. The second kappa shape index (κ2) is 6.52. The molecule has 0 aliphatic carbocycles. The summed E-state index contributed by atoms with van der Waals surface area (Å²) in [5, 5.41) is 8.39. The van der Waals surface area contributed by atoms with Crippen molar-refractivity contribution in [3.05, 3.63) is 48.3 Å². The lowest BCUT2D eigenvalue weighted by atomic mass is 10.1. The fraction of sp³-hybridized carbons (Fsp3) is 0.118. The Bertz CT molecular complexity index is 964. The third kappa shape index (κ3) is 3.23. The van der Waals surface area contributed by atoms with Gasteiger partial charge in [-0.05, 0) is 30.5 Å². The van der Waals surface area contributed by atoms with Gasteiger partial charge in [0.25, 0.3) is 5.91 Å². The van der Waals surface area contributed by atoms with Crippen LogP contribution >= 0.6 is 0 Å². The summed E-state index contributed by atoms with van der Waals surface area (Å²) >= 11 is 0. The van der Waals surface area contributed by atoms with E-state index in [2.05, 4.69) is 10.4 Å². The summed E-state index contributed by atoms with van der Waals surface area (Å²) in [7, 11) is 0. The average molecular weight is 339 g/mol. The normalized spacial score (nSPS) is 10.6. The van der Waals surface area contributed by atoms with Crippen LogP contribution in [0.5, 0.6) is 5.75 Å². The van der Waals surface area contributed by atoms with E-state index in [0.29, 0.717) is 12.3 Å². The van der Waals surface area contributed by atoms with Crippen LogP contribution in [0.3, 0.4) is 0 Å². The number of hydrogen-bond acceptors (Lipinski definition) is 4. The number of urea groups is 1. The minimum atomic E-state index is -0.807. The van der Waals surface area contributed by atoms with Crippen molar-refractivity contribution in [2.75, 3.05) is 11.9 Å². The molecule has 0 bridgehead atoms. The van der Waals surface area contributed by atoms with Gasteiger partial charge in [-0.25, -0.2) is 9.48 Å². The van der Waals surface area contributed by atoms with Crippen molar-refractivity contribution in [3.63, 3.8) is 0 Å². The van der Waals surface area contributed by atoms with Gasteiger partial charge in [0.15, 0.2) is 5.69 Å². The van der Waals surface area contributed by atoms with Crippen LogP contribution in [0.15, 0.2) is 42.6 Å². The summed E-state index contributed by atoms with van der Waals surface area (Å²) in [6.45, 7) is 2.46. The molecule has 3 amide bonds. The SMILES string of the molecule is CCOc1ccc2cccc(-n3cc(NC(N)=O)c(C(N)=O)n3)c2c1. The number of nitrogens with one attached hydrogen (secondary N) is 1. The van der Waals surface area contributed by atoms with E-state index in [1.807, 2.05) is 43.3 Å². The third-order valence-corrected chi connectivity index (χ3v) is 3.59. The maximum Gasteiger partial charge on any atom is 0.316 e. The Morgan fingerprint density at radius 3 is 2.72 bits per heavy atom. The molecule has 0 aliphatic rings. The topological polar surface area (TPSA) is 125 Å². The highest BCUT2D eigenvalue weighted by Crippen LogP contribution is 2.28. The fourth-order valence-electron chi connectivity index (χ4n) is 2.60. The van der Waals surface area contributed by atoms with E-state index in [1.54, 1.807) is 0 Å². The van der Waals surface area contributed by atoms with Crippen molar-refractivity contribution in [2.45, 2.75) is 6.92 Å². The number of carbonyl (C=O) groups excluding carboxylic acids is 2. The van der Waals surface area contributed by atoms with Crippen LogP contribution < -0.4 is 21.5 Å².